The number of hydrogen-bond donors (Lipinski definition) is 0. The van der Waals surface area contributed by atoms with E-state index in [4.69, 9.17) is 9.47 Å². The van der Waals surface area contributed by atoms with E-state index >= 15 is 0 Å². The fraction of sp³-hybridized carbons (Fsp3) is 0.480. The van der Waals surface area contributed by atoms with E-state index in [-0.39, 0.29) is 11.7 Å². The molecular weight excluding hydrogens is 469 g/mol. The summed E-state index contributed by atoms with van der Waals surface area (Å²) < 4.78 is 51.9. The van der Waals surface area contributed by atoms with Crippen LogP contribution in [-0.2, 0) is 19.8 Å². The number of rotatable bonds is 10. The van der Waals surface area contributed by atoms with Gasteiger partial charge >= 0.3 is 12.1 Å². The molecule has 0 aliphatic heterocycles. The van der Waals surface area contributed by atoms with Gasteiger partial charge in [-0.15, -0.1) is 23.5 Å². The van der Waals surface area contributed by atoms with Crippen LogP contribution in [0, 0.1) is 0 Å². The van der Waals surface area contributed by atoms with Gasteiger partial charge in [-0.2, -0.15) is 13.2 Å². The van der Waals surface area contributed by atoms with E-state index in [0.717, 1.165) is 11.6 Å². The molecule has 0 atom stereocenters. The van der Waals surface area contributed by atoms with Crippen molar-refractivity contribution in [1.82, 2.24) is 0 Å². The van der Waals surface area contributed by atoms with Gasteiger partial charge in [-0.25, -0.2) is 4.79 Å². The van der Waals surface area contributed by atoms with E-state index in [1.165, 1.54) is 29.6 Å². The maximum absolute atomic E-state index is 13.9. The smallest absolute Gasteiger partial charge is 0.416 e. The Morgan fingerprint density at radius 1 is 0.909 bits per heavy atom. The molecule has 0 saturated carbocycles. The van der Waals surface area contributed by atoms with Gasteiger partial charge in [0.1, 0.15) is 9.83 Å². The zero-order chi connectivity index (χ0) is 24.9. The Morgan fingerprint density at radius 3 is 1.88 bits per heavy atom. The van der Waals surface area contributed by atoms with E-state index in [9.17, 15) is 18.0 Å². The van der Waals surface area contributed by atoms with Crippen LogP contribution in [0.15, 0.2) is 48.5 Å². The lowest BCUT2D eigenvalue weighted by Crippen LogP contribution is -2.40. The van der Waals surface area contributed by atoms with E-state index in [1.54, 1.807) is 64.1 Å². The largest absolute Gasteiger partial charge is 0.476 e. The molecule has 0 amide bonds. The van der Waals surface area contributed by atoms with Crippen LogP contribution in [0.4, 0.5) is 13.2 Å². The first-order chi connectivity index (χ1) is 15.4. The number of carbonyl (C=O) groups excluding carboxylic acids is 1. The van der Waals surface area contributed by atoms with Gasteiger partial charge in [-0.05, 0) is 68.5 Å². The second kappa shape index (κ2) is 11.1. The van der Waals surface area contributed by atoms with Crippen LogP contribution in [0.3, 0.4) is 0 Å². The van der Waals surface area contributed by atoms with Crippen molar-refractivity contribution in [3.63, 3.8) is 0 Å². The molecule has 33 heavy (non-hydrogen) atoms. The van der Waals surface area contributed by atoms with E-state index < -0.39 is 27.4 Å². The van der Waals surface area contributed by atoms with Crippen molar-refractivity contribution in [2.24, 2.45) is 0 Å². The third-order valence-electron chi connectivity index (χ3n) is 4.72. The summed E-state index contributed by atoms with van der Waals surface area (Å²) in [6, 6.07) is 12.7. The van der Waals surface area contributed by atoms with Crippen molar-refractivity contribution in [2.45, 2.75) is 63.5 Å². The van der Waals surface area contributed by atoms with Crippen LogP contribution in [0.2, 0.25) is 0 Å². The Hall–Kier alpha value is -1.80. The lowest BCUT2D eigenvalue weighted by Gasteiger charge is -2.35. The topological polar surface area (TPSA) is 35.5 Å². The molecule has 0 heterocycles. The Morgan fingerprint density at radius 2 is 1.42 bits per heavy atom. The highest BCUT2D eigenvalue weighted by atomic mass is 32.2. The van der Waals surface area contributed by atoms with Crippen molar-refractivity contribution >= 4 is 29.5 Å². The molecule has 3 nitrogen and oxygen atoms in total. The van der Waals surface area contributed by atoms with Crippen LogP contribution >= 0.6 is 23.5 Å². The van der Waals surface area contributed by atoms with Crippen molar-refractivity contribution in [3.05, 3.63) is 65.2 Å². The zero-order valence-corrected chi connectivity index (χ0v) is 21.4. The first-order valence-corrected chi connectivity index (χ1v) is 12.8. The molecule has 0 fully saturated rings. The van der Waals surface area contributed by atoms with Gasteiger partial charge in [-0.1, -0.05) is 44.2 Å². The summed E-state index contributed by atoms with van der Waals surface area (Å²) in [4.78, 5) is 12.3. The SMILES string of the molecule is CCSC(SCC)(c1ccc(OC(C)(C)C(=O)OC(C)C)cc1)c1ccccc1C(F)(F)F. The second-order valence-electron chi connectivity index (χ2n) is 8.12. The van der Waals surface area contributed by atoms with Crippen LogP contribution in [-0.4, -0.2) is 29.2 Å². The van der Waals surface area contributed by atoms with Crippen LogP contribution in [0.5, 0.6) is 5.75 Å². The first kappa shape index (κ1) is 27.4. The summed E-state index contributed by atoms with van der Waals surface area (Å²) in [6.07, 6.45) is -4.73. The molecule has 0 bridgehead atoms. The Bertz CT molecular complexity index is 919. The standard InChI is InChI=1S/C25H31F3O3S2/c1-7-32-24(33-8-2,20-11-9-10-12-21(20)25(26,27)28)18-13-15-19(16-14-18)31-23(5,6)22(29)30-17(3)4/h9-17H,7-8H2,1-6H3. The third kappa shape index (κ3) is 6.63. The fourth-order valence-electron chi connectivity index (χ4n) is 3.38. The summed E-state index contributed by atoms with van der Waals surface area (Å²) in [5.41, 5.74) is -0.884. The summed E-state index contributed by atoms with van der Waals surface area (Å²) in [7, 11) is 0. The zero-order valence-electron chi connectivity index (χ0n) is 19.8. The molecule has 0 saturated heterocycles. The number of alkyl halides is 3. The number of ether oxygens (including phenoxy) is 2. The second-order valence-corrected chi connectivity index (χ2v) is 11.3. The predicted molar refractivity (Wildman–Crippen MR) is 131 cm³/mol. The monoisotopic (exact) mass is 500 g/mol. The van der Waals surface area contributed by atoms with Gasteiger partial charge in [-0.3, -0.25) is 0 Å². The quantitative estimate of drug-likeness (QED) is 0.249. The maximum Gasteiger partial charge on any atom is 0.416 e. The highest BCUT2D eigenvalue weighted by Gasteiger charge is 2.43. The van der Waals surface area contributed by atoms with Gasteiger partial charge in [0.15, 0.2) is 5.60 Å². The van der Waals surface area contributed by atoms with Crippen molar-refractivity contribution in [3.8, 4) is 5.75 Å². The van der Waals surface area contributed by atoms with E-state index in [2.05, 4.69) is 0 Å². The molecule has 0 aliphatic rings. The lowest BCUT2D eigenvalue weighted by molar-refractivity contribution is -0.163. The average Bonchev–Trinajstić information content (AvgIpc) is 2.72. The Kier molecular flexibility index (Phi) is 9.22. The minimum absolute atomic E-state index is 0.228. The molecule has 0 radical (unpaired) electrons. The summed E-state index contributed by atoms with van der Waals surface area (Å²) in [6.45, 7) is 10.6. The highest BCUT2D eigenvalue weighted by Crippen LogP contribution is 2.54. The highest BCUT2D eigenvalue weighted by molar-refractivity contribution is 8.17. The molecule has 8 heteroatoms. The fourth-order valence-corrected chi connectivity index (χ4v) is 6.50. The number of benzene rings is 2. The molecule has 2 aromatic carbocycles. The number of hydrogen-bond acceptors (Lipinski definition) is 5. The summed E-state index contributed by atoms with van der Waals surface area (Å²) in [5, 5.41) is 0. The number of esters is 1. The molecule has 0 aliphatic carbocycles. The Balaban J connectivity index is 2.50. The normalized spacial score (nSPS) is 12.7. The number of thioether (sulfide) groups is 2. The van der Waals surface area contributed by atoms with Gasteiger partial charge < -0.3 is 9.47 Å². The molecule has 2 rings (SSSR count). The lowest BCUT2D eigenvalue weighted by atomic mass is 9.98. The Labute approximate surface area is 202 Å². The van der Waals surface area contributed by atoms with Gasteiger partial charge in [0.2, 0.25) is 0 Å². The number of halogens is 3. The molecule has 0 spiro atoms. The first-order valence-electron chi connectivity index (χ1n) is 10.8. The van der Waals surface area contributed by atoms with E-state index in [0.29, 0.717) is 17.3 Å². The predicted octanol–water partition coefficient (Wildman–Crippen LogP) is 7.52. The van der Waals surface area contributed by atoms with Gasteiger partial charge in [0, 0.05) is 0 Å². The average molecular weight is 501 g/mol. The minimum Gasteiger partial charge on any atom is -0.476 e. The molecule has 0 N–H and O–H groups in total. The van der Waals surface area contributed by atoms with Crippen molar-refractivity contribution < 1.29 is 27.4 Å². The molecular formula is C25H31F3O3S2. The summed E-state index contributed by atoms with van der Waals surface area (Å²) in [5.74, 6) is 1.21. The van der Waals surface area contributed by atoms with Crippen molar-refractivity contribution in [1.29, 1.82) is 0 Å². The third-order valence-corrected chi connectivity index (χ3v) is 7.73. The summed E-state index contributed by atoms with van der Waals surface area (Å²) >= 11 is 2.93. The molecule has 0 unspecified atom stereocenters. The van der Waals surface area contributed by atoms with Crippen LogP contribution in [0.25, 0.3) is 0 Å². The van der Waals surface area contributed by atoms with Gasteiger partial charge in [0.05, 0.1) is 11.7 Å². The van der Waals surface area contributed by atoms with Crippen LogP contribution in [0.1, 0.15) is 58.2 Å². The number of carbonyl (C=O) groups is 1. The molecule has 182 valence electrons. The van der Waals surface area contributed by atoms with Gasteiger partial charge in [0.25, 0.3) is 0 Å². The van der Waals surface area contributed by atoms with Crippen LogP contribution < -0.4 is 4.74 Å². The maximum atomic E-state index is 13.9. The van der Waals surface area contributed by atoms with E-state index in [1.807, 2.05) is 13.8 Å². The molecule has 0 aromatic heterocycles. The minimum atomic E-state index is -4.46. The van der Waals surface area contributed by atoms with Crippen molar-refractivity contribution in [2.75, 3.05) is 11.5 Å². The molecule has 2 aromatic rings.